The average Bonchev–Trinajstić information content (AvgIpc) is 3.17. The van der Waals surface area contributed by atoms with Crippen molar-refractivity contribution in [1.82, 2.24) is 0 Å². The molecule has 0 aromatic carbocycles. The van der Waals surface area contributed by atoms with Crippen molar-refractivity contribution in [2.45, 2.75) is 92.3 Å². The molecular weight excluding hydrogens is 474 g/mol. The van der Waals surface area contributed by atoms with E-state index < -0.39 is 14.3 Å². The molecule has 0 radical (unpaired) electrons. The van der Waals surface area contributed by atoms with Gasteiger partial charge in [-0.1, -0.05) is 39.5 Å². The van der Waals surface area contributed by atoms with Crippen LogP contribution in [0.5, 0.6) is 0 Å². The Labute approximate surface area is 218 Å². The highest BCUT2D eigenvalue weighted by Crippen LogP contribution is 2.38. The molecule has 1 aliphatic rings. The minimum atomic E-state index is -1.98. The average molecular weight is 520 g/mol. The maximum absolute atomic E-state index is 13.8. The van der Waals surface area contributed by atoms with Gasteiger partial charge in [0.05, 0.1) is 24.3 Å². The number of anilines is 1. The van der Waals surface area contributed by atoms with Crippen LogP contribution in [0.15, 0.2) is 6.07 Å². The molecular formula is C28H45NO4SSi. The molecule has 0 spiro atoms. The molecule has 1 heterocycles. The van der Waals surface area contributed by atoms with Gasteiger partial charge in [0.2, 0.25) is 5.91 Å². The van der Waals surface area contributed by atoms with Crippen molar-refractivity contribution in [1.29, 1.82) is 0 Å². The zero-order valence-electron chi connectivity index (χ0n) is 23.5. The minimum Gasteiger partial charge on any atom is -0.465 e. The van der Waals surface area contributed by atoms with Crippen LogP contribution < -0.4 is 4.90 Å². The Bertz CT molecular complexity index is 950. The van der Waals surface area contributed by atoms with Crippen LogP contribution in [0.25, 0.3) is 0 Å². The lowest BCUT2D eigenvalue weighted by molar-refractivity contribution is -0.123. The number of rotatable bonds is 7. The van der Waals surface area contributed by atoms with Gasteiger partial charge in [0.25, 0.3) is 0 Å². The SMILES string of the molecule is COC(=O)c1sc(C#CC(C)(C)C)cc1N(CCO[Si](C)(C)C(C)(C)C)C(=O)[C@H]1CC[C@H](C)CC1. The van der Waals surface area contributed by atoms with Crippen molar-refractivity contribution >= 4 is 37.2 Å². The zero-order valence-corrected chi connectivity index (χ0v) is 25.3. The van der Waals surface area contributed by atoms with Gasteiger partial charge in [-0.2, -0.15) is 0 Å². The van der Waals surface area contributed by atoms with E-state index in [1.54, 1.807) is 4.90 Å². The molecule has 0 aliphatic heterocycles. The number of esters is 1. The van der Waals surface area contributed by atoms with E-state index in [0.29, 0.717) is 29.6 Å². The van der Waals surface area contributed by atoms with Crippen LogP contribution in [0.4, 0.5) is 5.69 Å². The van der Waals surface area contributed by atoms with Crippen LogP contribution in [-0.4, -0.2) is 40.5 Å². The highest BCUT2D eigenvalue weighted by molar-refractivity contribution is 7.15. The van der Waals surface area contributed by atoms with Gasteiger partial charge >= 0.3 is 5.97 Å². The van der Waals surface area contributed by atoms with Crippen LogP contribution in [0.3, 0.4) is 0 Å². The van der Waals surface area contributed by atoms with Crippen LogP contribution in [0, 0.1) is 29.1 Å². The van der Waals surface area contributed by atoms with Crippen LogP contribution in [0.1, 0.15) is 88.7 Å². The second kappa shape index (κ2) is 11.6. The summed E-state index contributed by atoms with van der Waals surface area (Å²) < 4.78 is 11.5. The standard InChI is InChI=1S/C28H45NO4SSi/c1-20-11-13-21(14-12-20)25(30)29(17-18-33-35(9,10)28(5,6)7)23-19-22(15-16-27(2,3)4)34-24(23)26(31)32-8/h19-21H,11-14,17-18H2,1-10H3/t20-,21-. The molecule has 1 amide bonds. The molecule has 35 heavy (non-hydrogen) atoms. The number of hydrogen-bond donors (Lipinski definition) is 0. The van der Waals surface area contributed by atoms with Crippen molar-refractivity contribution in [2.75, 3.05) is 25.2 Å². The van der Waals surface area contributed by atoms with Gasteiger partial charge in [0.15, 0.2) is 8.32 Å². The number of thiophene rings is 1. The van der Waals surface area contributed by atoms with Gasteiger partial charge < -0.3 is 14.1 Å². The summed E-state index contributed by atoms with van der Waals surface area (Å²) in [6.07, 6.45) is 3.88. The van der Waals surface area contributed by atoms with Gasteiger partial charge in [0, 0.05) is 17.9 Å². The van der Waals surface area contributed by atoms with E-state index in [1.807, 2.05) is 26.8 Å². The molecule has 1 aliphatic carbocycles. The number of methoxy groups -OCH3 is 1. The fourth-order valence-corrected chi connectivity index (χ4v) is 5.78. The van der Waals surface area contributed by atoms with E-state index in [-0.39, 0.29) is 22.3 Å². The van der Waals surface area contributed by atoms with Crippen molar-refractivity contribution in [3.63, 3.8) is 0 Å². The summed E-state index contributed by atoms with van der Waals surface area (Å²) in [6, 6.07) is 1.88. The predicted octanol–water partition coefficient (Wildman–Crippen LogP) is 7.11. The van der Waals surface area contributed by atoms with Gasteiger partial charge in [-0.25, -0.2) is 4.79 Å². The summed E-state index contributed by atoms with van der Waals surface area (Å²) >= 11 is 1.29. The molecule has 0 atom stereocenters. The Hall–Kier alpha value is -1.62. The highest BCUT2D eigenvalue weighted by Gasteiger charge is 2.38. The number of carbonyl (C=O) groups is 2. The Morgan fingerprint density at radius 2 is 1.71 bits per heavy atom. The van der Waals surface area contributed by atoms with Crippen molar-refractivity contribution in [2.24, 2.45) is 17.3 Å². The molecule has 0 bridgehead atoms. The number of nitrogens with zero attached hydrogens (tertiary/aromatic N) is 1. The van der Waals surface area contributed by atoms with Crippen molar-refractivity contribution < 1.29 is 18.8 Å². The summed E-state index contributed by atoms with van der Waals surface area (Å²) in [6.45, 7) is 20.3. The quantitative estimate of drug-likeness (QED) is 0.219. The predicted molar refractivity (Wildman–Crippen MR) is 149 cm³/mol. The maximum Gasteiger partial charge on any atom is 0.350 e. The molecule has 0 saturated heterocycles. The maximum atomic E-state index is 13.8. The summed E-state index contributed by atoms with van der Waals surface area (Å²) in [5, 5.41) is 0.0800. The minimum absolute atomic E-state index is 0.0337. The van der Waals surface area contributed by atoms with E-state index in [9.17, 15) is 9.59 Å². The van der Waals surface area contributed by atoms with Crippen LogP contribution in [-0.2, 0) is 14.0 Å². The molecule has 1 saturated carbocycles. The Morgan fingerprint density at radius 1 is 1.11 bits per heavy atom. The highest BCUT2D eigenvalue weighted by atomic mass is 32.1. The topological polar surface area (TPSA) is 55.8 Å². The lowest BCUT2D eigenvalue weighted by Crippen LogP contribution is -2.45. The molecule has 5 nitrogen and oxygen atoms in total. The van der Waals surface area contributed by atoms with E-state index in [0.717, 1.165) is 30.6 Å². The molecule has 196 valence electrons. The fourth-order valence-electron chi connectivity index (χ4n) is 3.82. The monoisotopic (exact) mass is 519 g/mol. The zero-order chi connectivity index (χ0) is 26.6. The van der Waals surface area contributed by atoms with E-state index in [1.165, 1.54) is 18.4 Å². The first-order valence-electron chi connectivity index (χ1n) is 12.8. The largest absolute Gasteiger partial charge is 0.465 e. The van der Waals surface area contributed by atoms with Crippen molar-refractivity contribution in [3.8, 4) is 11.8 Å². The van der Waals surface area contributed by atoms with Crippen LogP contribution in [0.2, 0.25) is 18.1 Å². The second-order valence-corrected chi connectivity index (χ2v) is 18.2. The summed E-state index contributed by atoms with van der Waals surface area (Å²) in [5.41, 5.74) is 0.434. The van der Waals surface area contributed by atoms with Gasteiger partial charge in [0.1, 0.15) is 4.88 Å². The fraction of sp³-hybridized carbons (Fsp3) is 0.714. The van der Waals surface area contributed by atoms with E-state index in [2.05, 4.69) is 52.6 Å². The van der Waals surface area contributed by atoms with Gasteiger partial charge in [-0.3, -0.25) is 4.79 Å². The van der Waals surface area contributed by atoms with Crippen LogP contribution >= 0.6 is 11.3 Å². The molecule has 0 N–H and O–H groups in total. The van der Waals surface area contributed by atoms with Crippen molar-refractivity contribution in [3.05, 3.63) is 15.8 Å². The van der Waals surface area contributed by atoms with Gasteiger partial charge in [-0.05, 0) is 76.6 Å². The smallest absolute Gasteiger partial charge is 0.350 e. The normalized spacial score (nSPS) is 19.0. The number of carbonyl (C=O) groups excluding carboxylic acids is 2. The molecule has 7 heteroatoms. The third-order valence-corrected chi connectivity index (χ3v) is 12.7. The second-order valence-electron chi connectivity index (χ2n) is 12.4. The molecule has 1 aromatic heterocycles. The molecule has 1 fully saturated rings. The lowest BCUT2D eigenvalue weighted by atomic mass is 9.82. The Kier molecular flexibility index (Phi) is 9.83. The molecule has 2 rings (SSSR count). The third kappa shape index (κ3) is 8.20. The molecule has 1 aromatic rings. The van der Waals surface area contributed by atoms with E-state index in [4.69, 9.17) is 9.16 Å². The van der Waals surface area contributed by atoms with Gasteiger partial charge in [-0.15, -0.1) is 11.3 Å². The summed E-state index contributed by atoms with van der Waals surface area (Å²) in [4.78, 5) is 29.5. The Morgan fingerprint density at radius 3 is 2.23 bits per heavy atom. The number of hydrogen-bond acceptors (Lipinski definition) is 5. The number of ether oxygens (including phenoxy) is 1. The number of amides is 1. The lowest BCUT2D eigenvalue weighted by Gasteiger charge is -2.37. The summed E-state index contributed by atoms with van der Waals surface area (Å²) in [5.74, 6) is 6.70. The Balaban J connectivity index is 2.44. The third-order valence-electron chi connectivity index (χ3n) is 7.15. The van der Waals surface area contributed by atoms with E-state index >= 15 is 0 Å². The first-order valence-corrected chi connectivity index (χ1v) is 16.5. The molecule has 0 unspecified atom stereocenters. The first-order chi connectivity index (χ1) is 16.1. The summed E-state index contributed by atoms with van der Waals surface area (Å²) in [7, 11) is -0.600. The first kappa shape index (κ1) is 29.6.